The van der Waals surface area contributed by atoms with Crippen molar-refractivity contribution in [3.63, 3.8) is 0 Å². The first kappa shape index (κ1) is 16.9. The van der Waals surface area contributed by atoms with Crippen molar-refractivity contribution < 1.29 is 4.79 Å². The average molecular weight is 375 g/mol. The molecule has 3 aliphatic rings. The largest absolute Gasteiger partial charge is 0.353 e. The van der Waals surface area contributed by atoms with Crippen LogP contribution in [-0.2, 0) is 0 Å². The maximum atomic E-state index is 13.2. The molecule has 3 aliphatic heterocycles. The van der Waals surface area contributed by atoms with Gasteiger partial charge in [-0.25, -0.2) is 4.98 Å². The first-order chi connectivity index (χ1) is 13.8. The number of piperidine rings is 1. The van der Waals surface area contributed by atoms with Crippen molar-refractivity contribution in [2.45, 2.75) is 18.9 Å². The minimum Gasteiger partial charge on any atom is -0.353 e. The third-order valence-electron chi connectivity index (χ3n) is 5.68. The van der Waals surface area contributed by atoms with Gasteiger partial charge in [-0.15, -0.1) is 10.2 Å². The molecule has 2 bridgehead atoms. The molecule has 28 heavy (non-hydrogen) atoms. The minimum atomic E-state index is 0.103. The third kappa shape index (κ3) is 3.11. The number of amides is 1. The van der Waals surface area contributed by atoms with Crippen LogP contribution in [0.3, 0.4) is 0 Å². The fraction of sp³-hybridized carbons (Fsp3) is 0.350. The van der Waals surface area contributed by atoms with Crippen LogP contribution >= 0.6 is 0 Å². The molecule has 0 unspecified atom stereocenters. The lowest BCUT2D eigenvalue weighted by atomic mass is 9.94. The van der Waals surface area contributed by atoms with E-state index in [1.165, 1.54) is 0 Å². The summed E-state index contributed by atoms with van der Waals surface area (Å²) in [5, 5.41) is 7.64. The van der Waals surface area contributed by atoms with Crippen molar-refractivity contribution in [3.05, 3.63) is 61.1 Å². The van der Waals surface area contributed by atoms with Gasteiger partial charge in [0.2, 0.25) is 0 Å². The molecule has 142 valence electrons. The molecule has 3 saturated heterocycles. The number of carbonyl (C=O) groups excluding carboxylic acids is 1. The summed E-state index contributed by atoms with van der Waals surface area (Å²) >= 11 is 0. The first-order valence-electron chi connectivity index (χ1n) is 9.55. The van der Waals surface area contributed by atoms with Crippen molar-refractivity contribution >= 4 is 11.7 Å². The molecule has 3 aromatic rings. The highest BCUT2D eigenvalue weighted by molar-refractivity contribution is 5.94. The second-order valence-corrected chi connectivity index (χ2v) is 7.44. The topological polar surface area (TPSA) is 80.0 Å². The Bertz CT molecular complexity index is 942. The fourth-order valence-electron chi connectivity index (χ4n) is 4.25. The third-order valence-corrected chi connectivity index (χ3v) is 5.68. The van der Waals surface area contributed by atoms with Crippen LogP contribution in [0.5, 0.6) is 0 Å². The molecule has 8 heteroatoms. The summed E-state index contributed by atoms with van der Waals surface area (Å²) in [7, 11) is 0. The van der Waals surface area contributed by atoms with E-state index in [-0.39, 0.29) is 11.9 Å². The lowest BCUT2D eigenvalue weighted by Crippen LogP contribution is -2.47. The molecule has 8 nitrogen and oxygen atoms in total. The van der Waals surface area contributed by atoms with Crippen LogP contribution < -0.4 is 4.90 Å². The van der Waals surface area contributed by atoms with Gasteiger partial charge in [-0.2, -0.15) is 0 Å². The van der Waals surface area contributed by atoms with E-state index in [1.54, 1.807) is 31.2 Å². The summed E-state index contributed by atoms with van der Waals surface area (Å²) in [4.78, 5) is 26.2. The van der Waals surface area contributed by atoms with Gasteiger partial charge in [0.05, 0.1) is 6.20 Å². The molecule has 0 radical (unpaired) electrons. The second kappa shape index (κ2) is 7.03. The van der Waals surface area contributed by atoms with Gasteiger partial charge in [0.25, 0.3) is 5.91 Å². The van der Waals surface area contributed by atoms with Gasteiger partial charge < -0.3 is 9.80 Å². The summed E-state index contributed by atoms with van der Waals surface area (Å²) in [6.45, 7) is 2.53. The zero-order chi connectivity index (χ0) is 18.9. The molecule has 1 amide bonds. The highest BCUT2D eigenvalue weighted by atomic mass is 16.2. The van der Waals surface area contributed by atoms with E-state index in [2.05, 4.69) is 30.0 Å². The zero-order valence-corrected chi connectivity index (χ0v) is 15.4. The van der Waals surface area contributed by atoms with E-state index in [0.29, 0.717) is 5.92 Å². The lowest BCUT2D eigenvalue weighted by Gasteiger charge is -2.36. The molecule has 2 aromatic heterocycles. The van der Waals surface area contributed by atoms with Crippen LogP contribution in [0.2, 0.25) is 0 Å². The van der Waals surface area contributed by atoms with Crippen LogP contribution in [0.15, 0.2) is 55.5 Å². The molecular formula is C20H21N7O. The number of nitrogens with zero attached hydrogens (tertiary/aromatic N) is 7. The standard InChI is InChI=1S/C20H21N7O/c28-20(16-2-5-17(6-3-16)26-13-23-24-14-26)27-11-15-1-4-18(27)12-25(10-15)19-9-21-7-8-22-19/h2-3,5-9,13-15,18H,1,4,10-12H2/t15-,18+/m0/s1. The van der Waals surface area contributed by atoms with Gasteiger partial charge in [-0.1, -0.05) is 0 Å². The molecule has 0 N–H and O–H groups in total. The number of aromatic nitrogens is 5. The van der Waals surface area contributed by atoms with Crippen LogP contribution in [0.4, 0.5) is 5.82 Å². The average Bonchev–Trinajstić information content (AvgIpc) is 3.14. The maximum absolute atomic E-state index is 13.2. The summed E-state index contributed by atoms with van der Waals surface area (Å²) in [6.07, 6.45) is 10.7. The number of rotatable bonds is 3. The van der Waals surface area contributed by atoms with E-state index in [0.717, 1.165) is 49.5 Å². The summed E-state index contributed by atoms with van der Waals surface area (Å²) in [5.41, 5.74) is 1.66. The molecule has 0 saturated carbocycles. The number of fused-ring (bicyclic) bond motifs is 4. The molecule has 0 aliphatic carbocycles. The SMILES string of the molecule is O=C(c1ccc(-n2cnnc2)cc1)N1C[C@H]2CC[C@@H]1CN(c1cnccn1)C2. The Morgan fingerprint density at radius 3 is 2.54 bits per heavy atom. The molecule has 5 heterocycles. The molecular weight excluding hydrogens is 354 g/mol. The van der Waals surface area contributed by atoms with Crippen molar-refractivity contribution in [1.29, 1.82) is 0 Å². The van der Waals surface area contributed by atoms with Gasteiger partial charge >= 0.3 is 0 Å². The Balaban J connectivity index is 1.35. The van der Waals surface area contributed by atoms with E-state index in [9.17, 15) is 4.79 Å². The zero-order valence-electron chi connectivity index (χ0n) is 15.4. The first-order valence-corrected chi connectivity index (χ1v) is 9.55. The predicted octanol–water partition coefficient (Wildman–Crippen LogP) is 1.80. The summed E-state index contributed by atoms with van der Waals surface area (Å²) in [6, 6.07) is 7.83. The van der Waals surface area contributed by atoms with Gasteiger partial charge in [0.15, 0.2) is 0 Å². The van der Waals surface area contributed by atoms with Crippen molar-refractivity contribution in [3.8, 4) is 5.69 Å². The quantitative estimate of drug-likeness (QED) is 0.694. The number of anilines is 1. The Morgan fingerprint density at radius 2 is 1.79 bits per heavy atom. The molecule has 6 rings (SSSR count). The van der Waals surface area contributed by atoms with Crippen LogP contribution in [0.25, 0.3) is 5.69 Å². The number of hydrogen-bond acceptors (Lipinski definition) is 6. The molecule has 1 aromatic carbocycles. The highest BCUT2D eigenvalue weighted by Gasteiger charge is 2.37. The normalized spacial score (nSPS) is 21.6. The summed E-state index contributed by atoms with van der Waals surface area (Å²) < 4.78 is 1.82. The highest BCUT2D eigenvalue weighted by Crippen LogP contribution is 2.31. The van der Waals surface area contributed by atoms with Crippen molar-refractivity contribution in [2.75, 3.05) is 24.5 Å². The van der Waals surface area contributed by atoms with E-state index >= 15 is 0 Å². The Hall–Kier alpha value is -3.29. The van der Waals surface area contributed by atoms with Crippen LogP contribution in [-0.4, -0.2) is 61.2 Å². The van der Waals surface area contributed by atoms with Gasteiger partial charge in [-0.05, 0) is 43.0 Å². The van der Waals surface area contributed by atoms with Gasteiger partial charge in [0.1, 0.15) is 18.5 Å². The fourth-order valence-corrected chi connectivity index (χ4v) is 4.25. The molecule has 0 spiro atoms. The van der Waals surface area contributed by atoms with E-state index in [1.807, 2.05) is 28.8 Å². The minimum absolute atomic E-state index is 0.103. The van der Waals surface area contributed by atoms with Crippen LogP contribution in [0.1, 0.15) is 23.2 Å². The Labute approximate surface area is 162 Å². The second-order valence-electron chi connectivity index (χ2n) is 7.44. The molecule has 3 fully saturated rings. The number of hydrogen-bond donors (Lipinski definition) is 0. The predicted molar refractivity (Wildman–Crippen MR) is 103 cm³/mol. The van der Waals surface area contributed by atoms with Crippen LogP contribution in [0, 0.1) is 5.92 Å². The van der Waals surface area contributed by atoms with Gasteiger partial charge in [0, 0.05) is 49.3 Å². The van der Waals surface area contributed by atoms with E-state index < -0.39 is 0 Å². The van der Waals surface area contributed by atoms with Crippen molar-refractivity contribution in [2.24, 2.45) is 5.92 Å². The number of benzene rings is 1. The molecule has 2 atom stereocenters. The van der Waals surface area contributed by atoms with Crippen molar-refractivity contribution in [1.82, 2.24) is 29.6 Å². The smallest absolute Gasteiger partial charge is 0.254 e. The lowest BCUT2D eigenvalue weighted by molar-refractivity contribution is 0.0592. The van der Waals surface area contributed by atoms with Gasteiger partial charge in [-0.3, -0.25) is 14.3 Å². The van der Waals surface area contributed by atoms with E-state index in [4.69, 9.17) is 0 Å². The maximum Gasteiger partial charge on any atom is 0.254 e. The Morgan fingerprint density at radius 1 is 0.964 bits per heavy atom. The Kier molecular flexibility index (Phi) is 4.23. The summed E-state index contributed by atoms with van der Waals surface area (Å²) in [5.74, 6) is 1.46. The monoisotopic (exact) mass is 375 g/mol. The number of carbonyl (C=O) groups is 1.